The van der Waals surface area contributed by atoms with E-state index in [4.69, 9.17) is 25.0 Å². The van der Waals surface area contributed by atoms with Gasteiger partial charge in [-0.05, 0) is 90.8 Å². The quantitative estimate of drug-likeness (QED) is 0.0293. The first kappa shape index (κ1) is 50.0. The number of aliphatic hydroxyl groups is 3. The summed E-state index contributed by atoms with van der Waals surface area (Å²) in [6.07, 6.45) is 4.74. The van der Waals surface area contributed by atoms with Crippen molar-refractivity contribution in [3.63, 3.8) is 0 Å². The van der Waals surface area contributed by atoms with Gasteiger partial charge in [0.15, 0.2) is 28.7 Å². The zero-order chi connectivity index (χ0) is 49.3. The molecule has 0 radical (unpaired) electrons. The van der Waals surface area contributed by atoms with Crippen molar-refractivity contribution in [1.29, 1.82) is 0 Å². The van der Waals surface area contributed by atoms with Gasteiger partial charge in [-0.3, -0.25) is 40.9 Å². The summed E-state index contributed by atoms with van der Waals surface area (Å²) in [4.78, 5) is 53.2. The number of ketones is 1. The maximum atomic E-state index is 11.6. The van der Waals surface area contributed by atoms with Crippen molar-refractivity contribution in [1.82, 2.24) is 54.7 Å². The first-order valence-electron chi connectivity index (χ1n) is 21.1. The lowest BCUT2D eigenvalue weighted by molar-refractivity contribution is -0.0994. The van der Waals surface area contributed by atoms with Crippen LogP contribution in [0.15, 0.2) is 127 Å². The first-order chi connectivity index (χ1) is 33.7. The number of carbonyl (C=O) groups is 3. The molecule has 22 heteroatoms. The number of pyridine rings is 2. The minimum absolute atomic E-state index is 0.0779. The molecule has 3 aromatic carbocycles. The van der Waals surface area contributed by atoms with Gasteiger partial charge in [0.05, 0.1) is 42.0 Å². The highest BCUT2D eigenvalue weighted by atomic mass is 16.7. The second-order valence-corrected chi connectivity index (χ2v) is 14.4. The van der Waals surface area contributed by atoms with Crippen LogP contribution in [0.4, 0.5) is 0 Å². The third kappa shape index (κ3) is 12.2. The Morgan fingerprint density at radius 2 is 1.12 bits per heavy atom. The molecular formula is C47H48N14O8. The van der Waals surface area contributed by atoms with Crippen molar-refractivity contribution in [2.24, 2.45) is 16.8 Å². The average Bonchev–Trinajstić information content (AvgIpc) is 4.07. The number of nitrogens with zero attached hydrogens (tertiary/aromatic N) is 12. The van der Waals surface area contributed by atoms with E-state index in [2.05, 4.69) is 69.5 Å². The molecule has 0 aliphatic carbocycles. The molecule has 7 N–H and O–H groups in total. The normalized spacial score (nSPS) is 11.8. The molecule has 0 saturated carbocycles. The number of fused-ring (bicyclic) bond motifs is 5. The van der Waals surface area contributed by atoms with E-state index in [1.165, 1.54) is 6.92 Å². The molecule has 1 aliphatic heterocycles. The van der Waals surface area contributed by atoms with Crippen LogP contribution in [0.2, 0.25) is 0 Å². The minimum atomic E-state index is -0.482. The number of nitrogens with two attached hydrogens (primary N) is 2. The number of hydrazine groups is 1. The lowest BCUT2D eigenvalue weighted by Gasteiger charge is -2.11. The van der Waals surface area contributed by atoms with Crippen molar-refractivity contribution in [3.8, 4) is 0 Å². The van der Waals surface area contributed by atoms with Gasteiger partial charge in [0.25, 0.3) is 11.8 Å². The lowest BCUT2D eigenvalue weighted by atomic mass is 10.1. The minimum Gasteiger partial charge on any atom is -0.400 e. The number of imide groups is 1. The van der Waals surface area contributed by atoms with Crippen LogP contribution in [0, 0.1) is 0 Å². The second kappa shape index (κ2) is 24.4. The molecule has 22 nitrogen and oxygen atoms in total. The molecule has 1 aliphatic rings. The van der Waals surface area contributed by atoms with Gasteiger partial charge in [0.2, 0.25) is 0 Å². The number of Topliss-reactive ketones (excluding diaryl/α,β-unsaturated/α-hetero) is 1. The Morgan fingerprint density at radius 3 is 1.61 bits per heavy atom. The molecule has 9 aromatic rings. The van der Waals surface area contributed by atoms with Crippen LogP contribution < -0.4 is 11.7 Å². The molecule has 7 heterocycles. The van der Waals surface area contributed by atoms with Crippen LogP contribution in [0.1, 0.15) is 73.5 Å². The van der Waals surface area contributed by atoms with E-state index in [0.717, 1.165) is 45.9 Å². The standard InChI is InChI=1S/C19H18N6O2.C17H13N5O.C10H9NO4.CH4O.H4N2/c1-13(24-27-10-9-26)16-6-7-18-21-22-19(25(18)23-16)12-14-4-5-17-15(11-14)3-2-8-20-17;1-11(23)14-6-7-16-19-20-17(22(16)21-14)10-12-4-5-15-13(9-12)3-2-8-18-15;12-5-6-15-11-9(13)7-3-1-2-4-8(7)10(11)14;2*1-2/h2-8,11,26H,9-10,12H2,1H3;2-9H,10H2,1H3;1-4,12H,5-6H2;2H,1H3;1-2H2/b24-13+;;;;. The summed E-state index contributed by atoms with van der Waals surface area (Å²) in [6.45, 7) is 3.04. The van der Waals surface area contributed by atoms with E-state index in [1.54, 1.807) is 64.7 Å². The Kier molecular flexibility index (Phi) is 17.7. The number of carbonyl (C=O) groups excluding carboxylic acids is 3. The van der Waals surface area contributed by atoms with Crippen LogP contribution in [0.3, 0.4) is 0 Å². The van der Waals surface area contributed by atoms with Gasteiger partial charge in [-0.15, -0.1) is 25.5 Å². The second-order valence-electron chi connectivity index (χ2n) is 14.4. The van der Waals surface area contributed by atoms with Crippen molar-refractivity contribution in [3.05, 3.63) is 167 Å². The molecular weight excluding hydrogens is 889 g/mol. The van der Waals surface area contributed by atoms with Gasteiger partial charge in [0.1, 0.15) is 23.7 Å². The van der Waals surface area contributed by atoms with Crippen LogP contribution in [0.25, 0.3) is 33.1 Å². The predicted octanol–water partition coefficient (Wildman–Crippen LogP) is 3.10. The Bertz CT molecular complexity index is 3200. The van der Waals surface area contributed by atoms with Gasteiger partial charge in [-0.2, -0.15) is 19.2 Å². The molecule has 2 amide bonds. The van der Waals surface area contributed by atoms with E-state index in [-0.39, 0.29) is 32.2 Å². The Balaban J connectivity index is 0.000000170. The van der Waals surface area contributed by atoms with Crippen LogP contribution in [0.5, 0.6) is 0 Å². The summed E-state index contributed by atoms with van der Waals surface area (Å²) in [6, 6.07) is 33.7. The van der Waals surface area contributed by atoms with Gasteiger partial charge in [0, 0.05) is 50.0 Å². The van der Waals surface area contributed by atoms with Gasteiger partial charge in [-0.1, -0.05) is 41.6 Å². The highest BCUT2D eigenvalue weighted by Gasteiger charge is 2.36. The molecule has 0 fully saturated rings. The molecule has 0 atom stereocenters. The zero-order valence-corrected chi connectivity index (χ0v) is 37.7. The summed E-state index contributed by atoms with van der Waals surface area (Å²) in [7, 11) is 1.00. The maximum Gasteiger partial charge on any atom is 0.285 e. The average molecular weight is 937 g/mol. The molecule has 0 bridgehead atoms. The Morgan fingerprint density at radius 1 is 0.623 bits per heavy atom. The largest absolute Gasteiger partial charge is 0.400 e. The third-order valence-corrected chi connectivity index (χ3v) is 9.90. The topological polar surface area (TPSA) is 310 Å². The van der Waals surface area contributed by atoms with E-state index in [1.807, 2.05) is 60.7 Å². The number of aliphatic hydroxyl groups excluding tert-OH is 3. The molecule has 0 saturated heterocycles. The van der Waals surface area contributed by atoms with E-state index >= 15 is 0 Å². The maximum absolute atomic E-state index is 11.6. The van der Waals surface area contributed by atoms with Crippen LogP contribution in [-0.2, 0) is 22.5 Å². The van der Waals surface area contributed by atoms with Gasteiger partial charge < -0.3 is 20.2 Å². The molecule has 354 valence electrons. The number of amides is 2. The van der Waals surface area contributed by atoms with E-state index < -0.39 is 11.8 Å². The zero-order valence-electron chi connectivity index (χ0n) is 37.7. The lowest BCUT2D eigenvalue weighted by Crippen LogP contribution is -2.31. The smallest absolute Gasteiger partial charge is 0.285 e. The number of aromatic nitrogens is 10. The molecule has 6 aromatic heterocycles. The summed E-state index contributed by atoms with van der Waals surface area (Å²) < 4.78 is 3.35. The van der Waals surface area contributed by atoms with Crippen molar-refractivity contribution < 1.29 is 39.4 Å². The number of hydrogen-bond acceptors (Lipinski definition) is 19. The summed E-state index contributed by atoms with van der Waals surface area (Å²) in [5, 5.41) is 56.8. The number of hydrogen-bond donors (Lipinski definition) is 5. The van der Waals surface area contributed by atoms with Crippen LogP contribution >= 0.6 is 0 Å². The van der Waals surface area contributed by atoms with Gasteiger partial charge in [-0.25, -0.2) is 0 Å². The molecule has 0 spiro atoms. The van der Waals surface area contributed by atoms with E-state index in [9.17, 15) is 14.4 Å². The molecule has 10 rings (SSSR count). The van der Waals surface area contributed by atoms with Crippen molar-refractivity contribution >= 4 is 56.4 Å². The highest BCUT2D eigenvalue weighted by molar-refractivity contribution is 6.20. The van der Waals surface area contributed by atoms with Crippen molar-refractivity contribution in [2.45, 2.75) is 26.7 Å². The number of rotatable bonds is 12. The highest BCUT2D eigenvalue weighted by Crippen LogP contribution is 2.23. The fourth-order valence-electron chi connectivity index (χ4n) is 6.75. The summed E-state index contributed by atoms with van der Waals surface area (Å²) in [5.74, 6) is 8.39. The number of benzene rings is 3. The molecule has 69 heavy (non-hydrogen) atoms. The fourth-order valence-corrected chi connectivity index (χ4v) is 6.75. The van der Waals surface area contributed by atoms with E-state index in [0.29, 0.717) is 63.3 Å². The summed E-state index contributed by atoms with van der Waals surface area (Å²) >= 11 is 0. The fraction of sp³-hybridized carbons (Fsp3) is 0.191. The number of hydroxylamine groups is 2. The third-order valence-electron chi connectivity index (χ3n) is 9.90. The van der Waals surface area contributed by atoms with Gasteiger partial charge >= 0.3 is 0 Å². The monoisotopic (exact) mass is 936 g/mol. The summed E-state index contributed by atoms with van der Waals surface area (Å²) in [5.41, 5.74) is 7.76. The molecule has 0 unspecified atom stereocenters. The SMILES string of the molecule is C/C(=N\OCCO)c1ccc2nnc(Cc3ccc4ncccc4c3)n2n1.CC(=O)c1ccc2nnc(Cc3ccc4ncccc4c3)n2n1.CO.NN.O=C1c2ccccc2C(=O)N1OCCO. The predicted molar refractivity (Wildman–Crippen MR) is 252 cm³/mol. The Labute approximate surface area is 393 Å². The number of oxime groups is 1. The first-order valence-corrected chi connectivity index (χ1v) is 21.1. The van der Waals surface area contributed by atoms with Crippen LogP contribution in [-0.4, -0.2) is 127 Å². The Hall–Kier alpha value is -8.38. The van der Waals surface area contributed by atoms with Crippen molar-refractivity contribution in [2.75, 3.05) is 33.5 Å².